The molecule has 0 saturated carbocycles. The molecule has 1 unspecified atom stereocenters. The van der Waals surface area contributed by atoms with Crippen LogP contribution in [-0.4, -0.2) is 25.6 Å². The molecule has 2 N–H and O–H groups in total. The highest BCUT2D eigenvalue weighted by Crippen LogP contribution is 2.20. The second kappa shape index (κ2) is 8.03. The summed E-state index contributed by atoms with van der Waals surface area (Å²) in [7, 11) is 0. The van der Waals surface area contributed by atoms with Gasteiger partial charge in [-0.05, 0) is 57.3 Å². The molecule has 1 atom stereocenters. The molecule has 116 valence electrons. The Bertz CT molecular complexity index is 468. The quantitative estimate of drug-likeness (QED) is 0.811. The highest BCUT2D eigenvalue weighted by atomic mass is 16.5. The number of aryl methyl sites for hydroxylation is 1. The van der Waals surface area contributed by atoms with E-state index in [9.17, 15) is 4.79 Å². The minimum Gasteiger partial charge on any atom is -0.494 e. The molecule has 0 radical (unpaired) electrons. The number of hydrogen-bond donors (Lipinski definition) is 2. The zero-order valence-corrected chi connectivity index (χ0v) is 13.1. The fraction of sp³-hybridized carbons (Fsp3) is 0.588. The van der Waals surface area contributed by atoms with Gasteiger partial charge in [-0.2, -0.15) is 0 Å². The molecule has 1 saturated heterocycles. The predicted octanol–water partition coefficient (Wildman–Crippen LogP) is 2.40. The van der Waals surface area contributed by atoms with Crippen molar-refractivity contribution in [2.24, 2.45) is 5.92 Å². The molecule has 0 spiro atoms. The van der Waals surface area contributed by atoms with Crippen molar-refractivity contribution in [3.8, 4) is 5.75 Å². The molecule has 1 aromatic carbocycles. The van der Waals surface area contributed by atoms with E-state index in [4.69, 9.17) is 4.74 Å². The van der Waals surface area contributed by atoms with Crippen molar-refractivity contribution in [1.29, 1.82) is 0 Å². The van der Waals surface area contributed by atoms with Crippen molar-refractivity contribution in [3.63, 3.8) is 0 Å². The van der Waals surface area contributed by atoms with Gasteiger partial charge in [0.1, 0.15) is 5.75 Å². The Morgan fingerprint density at radius 1 is 1.48 bits per heavy atom. The van der Waals surface area contributed by atoms with Crippen LogP contribution in [0.1, 0.15) is 37.3 Å². The number of rotatable bonds is 7. The Balaban J connectivity index is 1.80. The van der Waals surface area contributed by atoms with Crippen molar-refractivity contribution < 1.29 is 9.53 Å². The van der Waals surface area contributed by atoms with Crippen LogP contribution in [0, 0.1) is 12.8 Å². The topological polar surface area (TPSA) is 50.4 Å². The number of amides is 1. The molecule has 0 aromatic heterocycles. The van der Waals surface area contributed by atoms with Gasteiger partial charge in [0.25, 0.3) is 0 Å². The molecule has 21 heavy (non-hydrogen) atoms. The molecule has 1 aromatic rings. The molecular weight excluding hydrogens is 264 g/mol. The van der Waals surface area contributed by atoms with Crippen molar-refractivity contribution >= 4 is 5.91 Å². The number of benzene rings is 1. The van der Waals surface area contributed by atoms with E-state index < -0.39 is 0 Å². The van der Waals surface area contributed by atoms with Crippen LogP contribution in [0.15, 0.2) is 18.2 Å². The van der Waals surface area contributed by atoms with Gasteiger partial charge < -0.3 is 15.4 Å². The van der Waals surface area contributed by atoms with Crippen LogP contribution in [0.2, 0.25) is 0 Å². The van der Waals surface area contributed by atoms with E-state index in [1.807, 2.05) is 32.0 Å². The summed E-state index contributed by atoms with van der Waals surface area (Å²) in [4.78, 5) is 11.9. The second-order valence-electron chi connectivity index (χ2n) is 5.72. The van der Waals surface area contributed by atoms with Crippen LogP contribution < -0.4 is 15.4 Å². The standard InChI is InChI=1S/C17H26N2O2/c1-3-21-16-10-13(2)4-6-15(16)12-19-17(20)7-5-14-8-9-18-11-14/h4,6,10,14,18H,3,5,7-9,11-12H2,1-2H3,(H,19,20). The van der Waals surface area contributed by atoms with Gasteiger partial charge in [0.15, 0.2) is 0 Å². The third-order valence-corrected chi connectivity index (χ3v) is 3.94. The summed E-state index contributed by atoms with van der Waals surface area (Å²) >= 11 is 0. The number of nitrogens with one attached hydrogen (secondary N) is 2. The molecular formula is C17H26N2O2. The van der Waals surface area contributed by atoms with Gasteiger partial charge in [0, 0.05) is 18.5 Å². The molecule has 4 nitrogen and oxygen atoms in total. The average molecular weight is 290 g/mol. The Kier molecular flexibility index (Phi) is 6.05. The SMILES string of the molecule is CCOc1cc(C)ccc1CNC(=O)CCC1CCNC1. The smallest absolute Gasteiger partial charge is 0.220 e. The van der Waals surface area contributed by atoms with E-state index in [0.717, 1.165) is 30.8 Å². The van der Waals surface area contributed by atoms with Crippen LogP contribution >= 0.6 is 0 Å². The highest BCUT2D eigenvalue weighted by Gasteiger charge is 2.15. The third-order valence-electron chi connectivity index (χ3n) is 3.94. The van der Waals surface area contributed by atoms with Crippen molar-refractivity contribution in [2.45, 2.75) is 39.7 Å². The van der Waals surface area contributed by atoms with Gasteiger partial charge in [0.05, 0.1) is 6.61 Å². The molecule has 2 rings (SSSR count). The Morgan fingerprint density at radius 3 is 3.05 bits per heavy atom. The van der Waals surface area contributed by atoms with Gasteiger partial charge >= 0.3 is 0 Å². The molecule has 1 aliphatic heterocycles. The molecule has 1 fully saturated rings. The summed E-state index contributed by atoms with van der Waals surface area (Å²) in [6, 6.07) is 6.10. The third kappa shape index (κ3) is 5.05. The van der Waals surface area contributed by atoms with Gasteiger partial charge in [0.2, 0.25) is 5.91 Å². The van der Waals surface area contributed by atoms with E-state index in [1.54, 1.807) is 0 Å². The summed E-state index contributed by atoms with van der Waals surface area (Å²) in [5.74, 6) is 1.66. The van der Waals surface area contributed by atoms with Gasteiger partial charge in [-0.3, -0.25) is 4.79 Å². The van der Waals surface area contributed by atoms with Gasteiger partial charge in [-0.25, -0.2) is 0 Å². The number of carbonyl (C=O) groups excluding carboxylic acids is 1. The molecule has 1 amide bonds. The van der Waals surface area contributed by atoms with E-state index in [0.29, 0.717) is 25.5 Å². The van der Waals surface area contributed by atoms with E-state index in [2.05, 4.69) is 10.6 Å². The Morgan fingerprint density at radius 2 is 2.33 bits per heavy atom. The van der Waals surface area contributed by atoms with E-state index in [1.165, 1.54) is 12.0 Å². The summed E-state index contributed by atoms with van der Waals surface area (Å²) in [5.41, 5.74) is 2.21. The lowest BCUT2D eigenvalue weighted by Gasteiger charge is -2.13. The fourth-order valence-corrected chi connectivity index (χ4v) is 2.68. The minimum atomic E-state index is 0.130. The average Bonchev–Trinajstić information content (AvgIpc) is 2.98. The number of hydrogen-bond acceptors (Lipinski definition) is 3. The predicted molar refractivity (Wildman–Crippen MR) is 84.4 cm³/mol. The maximum atomic E-state index is 11.9. The molecule has 0 bridgehead atoms. The lowest BCUT2D eigenvalue weighted by atomic mass is 10.0. The fourth-order valence-electron chi connectivity index (χ4n) is 2.68. The second-order valence-corrected chi connectivity index (χ2v) is 5.72. The van der Waals surface area contributed by atoms with Crippen LogP contribution in [0.3, 0.4) is 0 Å². The van der Waals surface area contributed by atoms with Gasteiger partial charge in [-0.15, -0.1) is 0 Å². The van der Waals surface area contributed by atoms with Crippen LogP contribution in [0.4, 0.5) is 0 Å². The largest absolute Gasteiger partial charge is 0.494 e. The van der Waals surface area contributed by atoms with Crippen LogP contribution in [-0.2, 0) is 11.3 Å². The lowest BCUT2D eigenvalue weighted by Crippen LogP contribution is -2.23. The minimum absolute atomic E-state index is 0.130. The lowest BCUT2D eigenvalue weighted by molar-refractivity contribution is -0.121. The summed E-state index contributed by atoms with van der Waals surface area (Å²) in [5, 5.41) is 6.33. The summed E-state index contributed by atoms with van der Waals surface area (Å²) < 4.78 is 5.63. The maximum absolute atomic E-state index is 11.9. The first-order valence-corrected chi connectivity index (χ1v) is 7.88. The van der Waals surface area contributed by atoms with E-state index >= 15 is 0 Å². The normalized spacial score (nSPS) is 17.7. The van der Waals surface area contributed by atoms with Crippen LogP contribution in [0.25, 0.3) is 0 Å². The van der Waals surface area contributed by atoms with E-state index in [-0.39, 0.29) is 5.91 Å². The first-order chi connectivity index (χ1) is 10.2. The van der Waals surface area contributed by atoms with Crippen LogP contribution in [0.5, 0.6) is 5.75 Å². The van der Waals surface area contributed by atoms with Crippen molar-refractivity contribution in [2.75, 3.05) is 19.7 Å². The maximum Gasteiger partial charge on any atom is 0.220 e. The zero-order valence-electron chi connectivity index (χ0n) is 13.1. The number of carbonyl (C=O) groups is 1. The molecule has 1 heterocycles. The van der Waals surface area contributed by atoms with Crippen molar-refractivity contribution in [1.82, 2.24) is 10.6 Å². The summed E-state index contributed by atoms with van der Waals surface area (Å²) in [6.07, 6.45) is 2.78. The zero-order chi connectivity index (χ0) is 15.1. The monoisotopic (exact) mass is 290 g/mol. The first-order valence-electron chi connectivity index (χ1n) is 7.88. The Hall–Kier alpha value is -1.55. The van der Waals surface area contributed by atoms with Gasteiger partial charge in [-0.1, -0.05) is 12.1 Å². The molecule has 4 heteroatoms. The number of ether oxygens (including phenoxy) is 1. The highest BCUT2D eigenvalue weighted by molar-refractivity contribution is 5.75. The van der Waals surface area contributed by atoms with Crippen molar-refractivity contribution in [3.05, 3.63) is 29.3 Å². The molecule has 1 aliphatic rings. The first kappa shape index (κ1) is 15.8. The molecule has 0 aliphatic carbocycles. The Labute approximate surface area is 127 Å². The summed E-state index contributed by atoms with van der Waals surface area (Å²) in [6.45, 7) is 7.34.